The Hall–Kier alpha value is -0.920. The zero-order valence-corrected chi connectivity index (χ0v) is 11.7. The van der Waals surface area contributed by atoms with Gasteiger partial charge in [0.25, 0.3) is 0 Å². The zero-order valence-electron chi connectivity index (χ0n) is 10.9. The molecule has 0 saturated carbocycles. The van der Waals surface area contributed by atoms with Gasteiger partial charge in [0, 0.05) is 13.2 Å². The van der Waals surface area contributed by atoms with Crippen molar-refractivity contribution < 1.29 is 13.2 Å². The maximum atomic E-state index is 12.2. The molecule has 0 amide bonds. The molecular formula is C11H19N3O3S. The van der Waals surface area contributed by atoms with Crippen molar-refractivity contribution in [3.63, 3.8) is 0 Å². The maximum absolute atomic E-state index is 12.2. The van der Waals surface area contributed by atoms with Crippen molar-refractivity contribution in [3.05, 3.63) is 11.4 Å². The van der Waals surface area contributed by atoms with Crippen LogP contribution in [0.5, 0.6) is 0 Å². The van der Waals surface area contributed by atoms with Crippen LogP contribution in [0.3, 0.4) is 0 Å². The van der Waals surface area contributed by atoms with Crippen LogP contribution >= 0.6 is 0 Å². The fourth-order valence-corrected chi connectivity index (χ4v) is 3.76. The summed E-state index contributed by atoms with van der Waals surface area (Å²) in [5.74, 6) is 0. The second kappa shape index (κ2) is 4.64. The second-order valence-corrected chi connectivity index (χ2v) is 6.69. The molecular weight excluding hydrogens is 254 g/mol. The highest BCUT2D eigenvalue weighted by atomic mass is 32.2. The summed E-state index contributed by atoms with van der Waals surface area (Å²) in [7, 11) is -3.53. The van der Waals surface area contributed by atoms with Gasteiger partial charge in [-0.25, -0.2) is 13.1 Å². The summed E-state index contributed by atoms with van der Waals surface area (Å²) in [6.45, 7) is 6.28. The Bertz CT molecular complexity index is 510. The molecule has 2 heterocycles. The lowest BCUT2D eigenvalue weighted by Gasteiger charge is -2.23. The van der Waals surface area contributed by atoms with Gasteiger partial charge in [0.15, 0.2) is 0 Å². The molecule has 1 aromatic rings. The summed E-state index contributed by atoms with van der Waals surface area (Å²) in [5, 5.41) is 6.58. The van der Waals surface area contributed by atoms with E-state index in [-0.39, 0.29) is 4.90 Å². The van der Waals surface area contributed by atoms with Gasteiger partial charge < -0.3 is 4.74 Å². The first-order chi connectivity index (χ1) is 8.34. The van der Waals surface area contributed by atoms with E-state index in [1.165, 1.54) is 0 Å². The average Bonchev–Trinajstić information content (AvgIpc) is 2.85. The van der Waals surface area contributed by atoms with Crippen molar-refractivity contribution in [2.75, 3.05) is 13.2 Å². The highest BCUT2D eigenvalue weighted by Gasteiger charge is 2.32. The molecule has 7 heteroatoms. The number of aromatic nitrogens is 2. The molecule has 0 aliphatic carbocycles. The number of sulfonamides is 1. The van der Waals surface area contributed by atoms with Crippen molar-refractivity contribution >= 4 is 10.0 Å². The fraction of sp³-hybridized carbons (Fsp3) is 0.727. The number of aromatic amines is 1. The lowest BCUT2D eigenvalue weighted by molar-refractivity contribution is 0.0250. The lowest BCUT2D eigenvalue weighted by atomic mass is 10.0. The van der Waals surface area contributed by atoms with E-state index < -0.39 is 15.6 Å². The van der Waals surface area contributed by atoms with Crippen LogP contribution in [0, 0.1) is 13.8 Å². The number of nitrogens with one attached hydrogen (secondary N) is 2. The van der Waals surface area contributed by atoms with Crippen LogP contribution < -0.4 is 4.72 Å². The molecule has 102 valence electrons. The zero-order chi connectivity index (χ0) is 13.4. The summed E-state index contributed by atoms with van der Waals surface area (Å²) in [5.41, 5.74) is 0.647. The number of ether oxygens (including phenoxy) is 1. The van der Waals surface area contributed by atoms with Crippen molar-refractivity contribution in [2.45, 2.75) is 44.1 Å². The first-order valence-corrected chi connectivity index (χ1v) is 7.48. The average molecular weight is 273 g/mol. The van der Waals surface area contributed by atoms with Crippen LogP contribution in [-0.2, 0) is 14.8 Å². The highest BCUT2D eigenvalue weighted by molar-refractivity contribution is 7.89. The quantitative estimate of drug-likeness (QED) is 0.852. The predicted molar refractivity (Wildman–Crippen MR) is 66.8 cm³/mol. The Kier molecular flexibility index (Phi) is 3.48. The molecule has 0 aromatic carbocycles. The van der Waals surface area contributed by atoms with E-state index in [1.807, 2.05) is 6.92 Å². The molecule has 0 bridgehead atoms. The normalized spacial score (nSPS) is 24.6. The Morgan fingerprint density at radius 3 is 2.72 bits per heavy atom. The Morgan fingerprint density at radius 1 is 1.50 bits per heavy atom. The summed E-state index contributed by atoms with van der Waals surface area (Å²) < 4.78 is 32.6. The summed E-state index contributed by atoms with van der Waals surface area (Å²) in [6.07, 6.45) is 1.85. The second-order valence-electron chi connectivity index (χ2n) is 4.99. The van der Waals surface area contributed by atoms with E-state index in [0.717, 1.165) is 12.8 Å². The fourth-order valence-electron chi connectivity index (χ4n) is 2.23. The van der Waals surface area contributed by atoms with Gasteiger partial charge in [0.1, 0.15) is 4.90 Å². The van der Waals surface area contributed by atoms with Crippen LogP contribution in [0.2, 0.25) is 0 Å². The summed E-state index contributed by atoms with van der Waals surface area (Å²) in [4.78, 5) is 0.240. The molecule has 2 rings (SSSR count). The monoisotopic (exact) mass is 273 g/mol. The van der Waals surface area contributed by atoms with Crippen molar-refractivity contribution in [3.8, 4) is 0 Å². The number of hydrogen-bond donors (Lipinski definition) is 2. The topological polar surface area (TPSA) is 84.1 Å². The standard InChI is InChI=1S/C11H19N3O3S/c1-8-10(9(2)14-13-8)18(15,16)12-7-11(3)5-4-6-17-11/h12H,4-7H2,1-3H3,(H,13,14). The van der Waals surface area contributed by atoms with E-state index >= 15 is 0 Å². The third-order valence-electron chi connectivity index (χ3n) is 3.27. The van der Waals surface area contributed by atoms with E-state index in [9.17, 15) is 8.42 Å². The largest absolute Gasteiger partial charge is 0.374 e. The number of hydrogen-bond acceptors (Lipinski definition) is 4. The highest BCUT2D eigenvalue weighted by Crippen LogP contribution is 2.25. The molecule has 0 radical (unpaired) electrons. The van der Waals surface area contributed by atoms with Gasteiger partial charge in [-0.1, -0.05) is 0 Å². The Labute approximate surface area is 107 Å². The van der Waals surface area contributed by atoms with Gasteiger partial charge in [0.2, 0.25) is 10.0 Å². The maximum Gasteiger partial charge on any atom is 0.244 e. The molecule has 0 spiro atoms. The number of nitrogens with zero attached hydrogens (tertiary/aromatic N) is 1. The molecule has 6 nitrogen and oxygen atoms in total. The first kappa shape index (κ1) is 13.5. The molecule has 2 N–H and O–H groups in total. The molecule has 1 aliphatic heterocycles. The Balaban J connectivity index is 2.13. The molecule has 1 fully saturated rings. The summed E-state index contributed by atoms with van der Waals surface area (Å²) >= 11 is 0. The van der Waals surface area contributed by atoms with Crippen LogP contribution in [0.25, 0.3) is 0 Å². The molecule has 1 atom stereocenters. The van der Waals surface area contributed by atoms with Gasteiger partial charge >= 0.3 is 0 Å². The summed E-state index contributed by atoms with van der Waals surface area (Å²) in [6, 6.07) is 0. The van der Waals surface area contributed by atoms with Crippen LogP contribution in [0.4, 0.5) is 0 Å². The molecule has 1 aliphatic rings. The van der Waals surface area contributed by atoms with Crippen LogP contribution in [-0.4, -0.2) is 37.4 Å². The molecule has 1 unspecified atom stereocenters. The van der Waals surface area contributed by atoms with Crippen LogP contribution in [0.1, 0.15) is 31.2 Å². The third-order valence-corrected chi connectivity index (χ3v) is 4.93. The lowest BCUT2D eigenvalue weighted by Crippen LogP contribution is -2.40. The van der Waals surface area contributed by atoms with E-state index in [2.05, 4.69) is 14.9 Å². The number of rotatable bonds is 4. The van der Waals surface area contributed by atoms with Gasteiger partial charge in [0.05, 0.1) is 17.0 Å². The number of aryl methyl sites for hydroxylation is 2. The van der Waals surface area contributed by atoms with Gasteiger partial charge in [-0.2, -0.15) is 5.10 Å². The van der Waals surface area contributed by atoms with Crippen molar-refractivity contribution in [2.24, 2.45) is 0 Å². The minimum absolute atomic E-state index is 0.240. The smallest absolute Gasteiger partial charge is 0.244 e. The number of H-pyrrole nitrogens is 1. The SMILES string of the molecule is Cc1n[nH]c(C)c1S(=O)(=O)NCC1(C)CCCO1. The van der Waals surface area contributed by atoms with E-state index in [4.69, 9.17) is 4.74 Å². The molecule has 1 aromatic heterocycles. The Morgan fingerprint density at radius 2 is 2.22 bits per heavy atom. The molecule has 18 heavy (non-hydrogen) atoms. The minimum atomic E-state index is -3.53. The van der Waals surface area contributed by atoms with Gasteiger partial charge in [-0.3, -0.25) is 5.10 Å². The first-order valence-electron chi connectivity index (χ1n) is 5.99. The predicted octanol–water partition coefficient (Wildman–Crippen LogP) is 0.874. The van der Waals surface area contributed by atoms with Gasteiger partial charge in [-0.15, -0.1) is 0 Å². The minimum Gasteiger partial charge on any atom is -0.374 e. The van der Waals surface area contributed by atoms with Gasteiger partial charge in [-0.05, 0) is 33.6 Å². The third kappa shape index (κ3) is 2.57. The van der Waals surface area contributed by atoms with E-state index in [0.29, 0.717) is 24.5 Å². The van der Waals surface area contributed by atoms with Crippen molar-refractivity contribution in [1.82, 2.24) is 14.9 Å². The van der Waals surface area contributed by atoms with E-state index in [1.54, 1.807) is 13.8 Å². The van der Waals surface area contributed by atoms with Crippen molar-refractivity contribution in [1.29, 1.82) is 0 Å². The molecule has 1 saturated heterocycles. The van der Waals surface area contributed by atoms with Crippen LogP contribution in [0.15, 0.2) is 4.90 Å².